The number of fused-ring (bicyclic) bond motifs is 1. The van der Waals surface area contributed by atoms with Crippen LogP contribution in [-0.2, 0) is 4.74 Å². The molecule has 2 heterocycles. The van der Waals surface area contributed by atoms with Crippen LogP contribution in [0, 0.1) is 0 Å². The molecule has 0 radical (unpaired) electrons. The standard InChI is InChI=1S/C13H16BrNO4/c1-4-18-12(17)7-5-8-9(14)10(16)13(2,3)19-11(8)15-6-7/h5-6,9-10,16H,4H2,1-3H3. The van der Waals surface area contributed by atoms with Crippen molar-refractivity contribution in [2.24, 2.45) is 0 Å². The van der Waals surface area contributed by atoms with E-state index in [1.165, 1.54) is 6.20 Å². The number of carbonyl (C=O) groups excluding carboxylic acids is 1. The van der Waals surface area contributed by atoms with Crippen LogP contribution in [0.2, 0.25) is 0 Å². The van der Waals surface area contributed by atoms with Crippen LogP contribution in [0.5, 0.6) is 5.88 Å². The molecule has 0 aromatic carbocycles. The lowest BCUT2D eigenvalue weighted by Crippen LogP contribution is -2.47. The number of aromatic nitrogens is 1. The molecule has 0 saturated carbocycles. The van der Waals surface area contributed by atoms with Gasteiger partial charge in [-0.15, -0.1) is 0 Å². The van der Waals surface area contributed by atoms with Gasteiger partial charge in [0, 0.05) is 11.8 Å². The Morgan fingerprint density at radius 1 is 1.63 bits per heavy atom. The van der Waals surface area contributed by atoms with Crippen molar-refractivity contribution in [2.45, 2.75) is 37.3 Å². The van der Waals surface area contributed by atoms with E-state index >= 15 is 0 Å². The van der Waals surface area contributed by atoms with E-state index in [9.17, 15) is 9.90 Å². The number of halogens is 1. The Morgan fingerprint density at radius 2 is 2.32 bits per heavy atom. The number of carbonyl (C=O) groups is 1. The van der Waals surface area contributed by atoms with Gasteiger partial charge >= 0.3 is 5.97 Å². The minimum Gasteiger partial charge on any atom is -0.469 e. The fraction of sp³-hybridized carbons (Fsp3) is 0.538. The van der Waals surface area contributed by atoms with Crippen LogP contribution in [0.4, 0.5) is 0 Å². The van der Waals surface area contributed by atoms with Crippen LogP contribution in [0.1, 0.15) is 41.5 Å². The lowest BCUT2D eigenvalue weighted by molar-refractivity contribution is -0.0450. The number of esters is 1. The number of ether oxygens (including phenoxy) is 2. The number of aliphatic hydroxyl groups is 1. The highest BCUT2D eigenvalue weighted by molar-refractivity contribution is 9.09. The summed E-state index contributed by atoms with van der Waals surface area (Å²) < 4.78 is 10.6. The van der Waals surface area contributed by atoms with E-state index in [0.29, 0.717) is 23.6 Å². The molecule has 1 aromatic heterocycles. The van der Waals surface area contributed by atoms with Crippen LogP contribution < -0.4 is 4.74 Å². The molecule has 0 bridgehead atoms. The molecule has 2 rings (SSSR count). The Hall–Kier alpha value is -1.14. The maximum Gasteiger partial charge on any atom is 0.339 e. The maximum atomic E-state index is 11.7. The third kappa shape index (κ3) is 2.60. The van der Waals surface area contributed by atoms with E-state index in [2.05, 4.69) is 20.9 Å². The molecule has 1 aliphatic heterocycles. The zero-order valence-electron chi connectivity index (χ0n) is 11.0. The van der Waals surface area contributed by atoms with Crippen molar-refractivity contribution in [1.29, 1.82) is 0 Å². The summed E-state index contributed by atoms with van der Waals surface area (Å²) in [5, 5.41) is 10.2. The van der Waals surface area contributed by atoms with Gasteiger partial charge in [0.25, 0.3) is 0 Å². The number of rotatable bonds is 2. The van der Waals surface area contributed by atoms with Gasteiger partial charge < -0.3 is 14.6 Å². The zero-order chi connectivity index (χ0) is 14.2. The van der Waals surface area contributed by atoms with E-state index in [1.54, 1.807) is 26.8 Å². The second-order valence-corrected chi connectivity index (χ2v) is 5.88. The van der Waals surface area contributed by atoms with Crippen molar-refractivity contribution in [3.8, 4) is 5.88 Å². The highest BCUT2D eigenvalue weighted by Crippen LogP contribution is 2.43. The van der Waals surface area contributed by atoms with Gasteiger partial charge in [0.1, 0.15) is 11.7 Å². The molecule has 2 atom stereocenters. The Morgan fingerprint density at radius 3 is 2.95 bits per heavy atom. The van der Waals surface area contributed by atoms with Crippen LogP contribution in [0.25, 0.3) is 0 Å². The summed E-state index contributed by atoms with van der Waals surface area (Å²) in [5.41, 5.74) is 0.262. The molecule has 0 amide bonds. The SMILES string of the molecule is CCOC(=O)c1cnc2c(c1)C(Br)C(O)C(C)(C)O2. The van der Waals surface area contributed by atoms with Gasteiger partial charge in [-0.2, -0.15) is 0 Å². The van der Waals surface area contributed by atoms with E-state index in [0.717, 1.165) is 0 Å². The maximum absolute atomic E-state index is 11.7. The van der Waals surface area contributed by atoms with E-state index in [1.807, 2.05) is 0 Å². The molecule has 6 heteroatoms. The van der Waals surface area contributed by atoms with Crippen molar-refractivity contribution in [2.75, 3.05) is 6.61 Å². The van der Waals surface area contributed by atoms with Crippen molar-refractivity contribution in [3.05, 3.63) is 23.4 Å². The Balaban J connectivity index is 2.39. The highest BCUT2D eigenvalue weighted by Gasteiger charge is 2.42. The molecule has 2 unspecified atom stereocenters. The highest BCUT2D eigenvalue weighted by atomic mass is 79.9. The fourth-order valence-electron chi connectivity index (χ4n) is 1.91. The lowest BCUT2D eigenvalue weighted by atomic mass is 9.92. The van der Waals surface area contributed by atoms with Gasteiger partial charge in [-0.3, -0.25) is 0 Å². The third-order valence-electron chi connectivity index (χ3n) is 3.04. The minimum atomic E-state index is -0.737. The summed E-state index contributed by atoms with van der Waals surface area (Å²) in [7, 11) is 0. The average molecular weight is 330 g/mol. The zero-order valence-corrected chi connectivity index (χ0v) is 12.6. The summed E-state index contributed by atoms with van der Waals surface area (Å²) in [5.74, 6) is -0.0120. The molecule has 1 aromatic rings. The predicted molar refractivity (Wildman–Crippen MR) is 72.6 cm³/mol. The Bertz CT molecular complexity index is 503. The summed E-state index contributed by atoms with van der Waals surface area (Å²) >= 11 is 3.43. The molecule has 104 valence electrons. The Kier molecular flexibility index (Phi) is 3.82. The van der Waals surface area contributed by atoms with Crippen molar-refractivity contribution in [1.82, 2.24) is 4.98 Å². The minimum absolute atomic E-state index is 0.305. The number of aliphatic hydroxyl groups excluding tert-OH is 1. The lowest BCUT2D eigenvalue weighted by Gasteiger charge is -2.39. The van der Waals surface area contributed by atoms with E-state index in [-0.39, 0.29) is 4.83 Å². The Labute approximate surface area is 120 Å². The first kappa shape index (κ1) is 14.3. The first-order chi connectivity index (χ1) is 8.86. The normalized spacial score (nSPS) is 24.3. The number of hydrogen-bond acceptors (Lipinski definition) is 5. The summed E-state index contributed by atoms with van der Waals surface area (Å²) in [4.78, 5) is 15.5. The predicted octanol–water partition coefficient (Wildman–Crippen LogP) is 2.23. The number of alkyl halides is 1. The molecule has 19 heavy (non-hydrogen) atoms. The van der Waals surface area contributed by atoms with E-state index in [4.69, 9.17) is 9.47 Å². The summed E-state index contributed by atoms with van der Waals surface area (Å²) in [6.45, 7) is 5.62. The van der Waals surface area contributed by atoms with Crippen molar-refractivity contribution in [3.63, 3.8) is 0 Å². The number of nitrogens with zero attached hydrogens (tertiary/aromatic N) is 1. The van der Waals surface area contributed by atoms with Crippen molar-refractivity contribution >= 4 is 21.9 Å². The van der Waals surface area contributed by atoms with Gasteiger partial charge in [-0.25, -0.2) is 9.78 Å². The molecule has 0 aliphatic carbocycles. The first-order valence-electron chi connectivity index (χ1n) is 6.05. The fourth-order valence-corrected chi connectivity index (χ4v) is 2.87. The largest absolute Gasteiger partial charge is 0.469 e. The third-order valence-corrected chi connectivity index (χ3v) is 4.03. The monoisotopic (exact) mass is 329 g/mol. The smallest absolute Gasteiger partial charge is 0.339 e. The van der Waals surface area contributed by atoms with Gasteiger partial charge in [-0.1, -0.05) is 15.9 Å². The van der Waals surface area contributed by atoms with Crippen LogP contribution in [-0.4, -0.2) is 34.4 Å². The molecular formula is C13H16BrNO4. The van der Waals surface area contributed by atoms with E-state index < -0.39 is 17.7 Å². The molecule has 5 nitrogen and oxygen atoms in total. The molecule has 0 saturated heterocycles. The van der Waals surface area contributed by atoms with Gasteiger partial charge in [0.05, 0.1) is 17.0 Å². The number of pyridine rings is 1. The van der Waals surface area contributed by atoms with Crippen LogP contribution in [0.3, 0.4) is 0 Å². The van der Waals surface area contributed by atoms with Gasteiger partial charge in [-0.05, 0) is 26.8 Å². The van der Waals surface area contributed by atoms with Crippen LogP contribution in [0.15, 0.2) is 12.3 Å². The summed E-state index contributed by atoms with van der Waals surface area (Å²) in [6.07, 6.45) is 0.684. The molecule has 1 aliphatic rings. The second kappa shape index (κ2) is 5.09. The van der Waals surface area contributed by atoms with Crippen molar-refractivity contribution < 1.29 is 19.4 Å². The average Bonchev–Trinajstić information content (AvgIpc) is 2.36. The van der Waals surface area contributed by atoms with Crippen LogP contribution >= 0.6 is 15.9 Å². The molecular weight excluding hydrogens is 314 g/mol. The number of hydrogen-bond donors (Lipinski definition) is 1. The van der Waals surface area contributed by atoms with Gasteiger partial charge in [0.15, 0.2) is 0 Å². The second-order valence-electron chi connectivity index (χ2n) is 4.89. The van der Waals surface area contributed by atoms with Gasteiger partial charge in [0.2, 0.25) is 5.88 Å². The quantitative estimate of drug-likeness (QED) is 0.665. The topological polar surface area (TPSA) is 68.7 Å². The summed E-state index contributed by atoms with van der Waals surface area (Å²) in [6, 6.07) is 1.64. The molecule has 0 fully saturated rings. The molecule has 1 N–H and O–H groups in total. The molecule has 0 spiro atoms. The first-order valence-corrected chi connectivity index (χ1v) is 6.96.